The van der Waals surface area contributed by atoms with Crippen LogP contribution in [0.4, 0.5) is 0 Å². The van der Waals surface area contributed by atoms with Crippen LogP contribution in [0.1, 0.15) is 149 Å². The molecule has 1 aliphatic heterocycles. The largest absolute Gasteiger partial charge is 0.397 e. The molecule has 0 radical (unpaired) electrons. The zero-order valence-electron chi connectivity index (χ0n) is 34.0. The van der Waals surface area contributed by atoms with Crippen molar-refractivity contribution in [1.29, 1.82) is 0 Å². The van der Waals surface area contributed by atoms with Gasteiger partial charge in [0.1, 0.15) is 30.5 Å². The molecule has 8 atom stereocenters. The highest BCUT2D eigenvalue weighted by Gasteiger charge is 2.48. The van der Waals surface area contributed by atoms with Gasteiger partial charge in [0.15, 0.2) is 6.29 Å². The molecule has 0 aromatic carbocycles. The van der Waals surface area contributed by atoms with Crippen molar-refractivity contribution in [2.75, 3.05) is 13.2 Å². The topological polar surface area (TPSA) is 212 Å². The summed E-state index contributed by atoms with van der Waals surface area (Å²) < 4.78 is 47.3. The van der Waals surface area contributed by atoms with Crippen molar-refractivity contribution in [1.82, 2.24) is 5.32 Å². The number of hydrogen-bond donors (Lipinski definition) is 7. The lowest BCUT2D eigenvalue weighted by atomic mass is 9.99. The first-order chi connectivity index (χ1) is 26.9. The van der Waals surface area contributed by atoms with Gasteiger partial charge in [-0.1, -0.05) is 133 Å². The smallest absolute Gasteiger partial charge is 0.394 e. The molecule has 0 bridgehead atoms. The summed E-state index contributed by atoms with van der Waals surface area (Å²) >= 11 is 0. The Morgan fingerprint density at radius 2 is 1.21 bits per heavy atom. The van der Waals surface area contributed by atoms with Crippen molar-refractivity contribution in [3.63, 3.8) is 0 Å². The molecule has 1 rings (SSSR count). The highest BCUT2D eigenvalue weighted by molar-refractivity contribution is 7.80. The van der Waals surface area contributed by atoms with Crippen molar-refractivity contribution in [3.05, 3.63) is 48.6 Å². The molecule has 0 aromatic heterocycles. The summed E-state index contributed by atoms with van der Waals surface area (Å²) in [7, 11) is -5.12. The number of ether oxygens (including phenoxy) is 2. The molecule has 13 nitrogen and oxygen atoms in total. The molecule has 1 aliphatic rings. The van der Waals surface area contributed by atoms with E-state index in [4.69, 9.17) is 14.0 Å². The Labute approximate surface area is 337 Å². The monoisotopic (exact) mass is 818 g/mol. The van der Waals surface area contributed by atoms with E-state index < -0.39 is 78.5 Å². The molecule has 0 aliphatic carbocycles. The number of amides is 1. The average Bonchev–Trinajstić information content (AvgIpc) is 3.16. The van der Waals surface area contributed by atoms with E-state index in [-0.39, 0.29) is 6.42 Å². The molecule has 1 saturated heterocycles. The van der Waals surface area contributed by atoms with Gasteiger partial charge >= 0.3 is 10.4 Å². The number of carbonyl (C=O) groups excluding carboxylic acids is 1. The summed E-state index contributed by atoms with van der Waals surface area (Å²) in [5.74, 6) is -0.729. The molecular formula is C42H75NO12S. The number of hydrogen-bond acceptors (Lipinski definition) is 11. The molecule has 7 N–H and O–H groups in total. The predicted molar refractivity (Wildman–Crippen MR) is 219 cm³/mol. The minimum Gasteiger partial charge on any atom is -0.394 e. The van der Waals surface area contributed by atoms with E-state index in [0.717, 1.165) is 57.8 Å². The molecule has 14 heteroatoms. The minimum absolute atomic E-state index is 0.218. The zero-order chi connectivity index (χ0) is 41.4. The van der Waals surface area contributed by atoms with Crippen LogP contribution < -0.4 is 5.32 Å². The standard InChI is InChI=1S/C42H75NO12S/c1-3-5-7-9-11-13-15-17-18-19-21-23-25-27-29-31-36(46)41(49)43-34(35(45)30-28-26-24-22-20-16-14-12-10-8-6-4-2)33-53-42-39(48)40(55-56(50,51)52)38(47)37(32-44)54-42/h10,12,18-20,22,28,30,34-40,42,44-48H,3-9,11,13-17,21,23-27,29,31-33H2,1-2H3,(H,43,49)(H,50,51,52)/b12-10+,19-18-,22-20+,30-28+. The molecule has 326 valence electrons. The average molecular weight is 818 g/mol. The fraction of sp³-hybridized carbons (Fsp3) is 0.786. The van der Waals surface area contributed by atoms with E-state index in [9.17, 15) is 38.7 Å². The van der Waals surface area contributed by atoms with Crippen molar-refractivity contribution in [3.8, 4) is 0 Å². The van der Waals surface area contributed by atoms with Crippen LogP contribution >= 0.6 is 0 Å². The third kappa shape index (κ3) is 25.4. The summed E-state index contributed by atoms with van der Waals surface area (Å²) in [4.78, 5) is 13.0. The van der Waals surface area contributed by atoms with Crippen molar-refractivity contribution in [2.45, 2.75) is 198 Å². The van der Waals surface area contributed by atoms with Crippen molar-refractivity contribution < 1.29 is 57.0 Å². The molecule has 1 heterocycles. The number of aliphatic hydroxyl groups excluding tert-OH is 5. The molecule has 0 saturated carbocycles. The molecule has 1 fully saturated rings. The normalized spacial score (nSPS) is 22.5. The quantitative estimate of drug-likeness (QED) is 0.0217. The van der Waals surface area contributed by atoms with Gasteiger partial charge in [-0.2, -0.15) is 8.42 Å². The minimum atomic E-state index is -5.12. The fourth-order valence-electron chi connectivity index (χ4n) is 6.24. The Kier molecular flexibility index (Phi) is 30.6. The van der Waals surface area contributed by atoms with Crippen LogP contribution in [-0.2, 0) is 28.9 Å². The van der Waals surface area contributed by atoms with E-state index in [0.29, 0.717) is 12.8 Å². The molecule has 1 amide bonds. The second-order valence-corrected chi connectivity index (χ2v) is 15.7. The van der Waals surface area contributed by atoms with Crippen LogP contribution in [0.2, 0.25) is 0 Å². The first-order valence-electron chi connectivity index (χ1n) is 21.1. The van der Waals surface area contributed by atoms with Crippen LogP contribution in [0.15, 0.2) is 48.6 Å². The van der Waals surface area contributed by atoms with Crippen LogP contribution in [0.3, 0.4) is 0 Å². The van der Waals surface area contributed by atoms with E-state index in [1.54, 1.807) is 6.08 Å². The third-order valence-corrected chi connectivity index (χ3v) is 10.1. The molecule has 0 aromatic rings. The van der Waals surface area contributed by atoms with Crippen LogP contribution in [-0.4, -0.2) is 107 Å². The van der Waals surface area contributed by atoms with Gasteiger partial charge in [-0.05, 0) is 64.2 Å². The SMILES string of the molecule is CCCC/C=C/CC/C=C/CC/C=C/C(O)C(COC1OC(CO)C(O)C(OS(=O)(=O)O)C1O)NC(=O)C(O)CCCCCC/C=C\CCCCCCCCC. The Balaban J connectivity index is 2.68. The van der Waals surface area contributed by atoms with Gasteiger partial charge in [-0.3, -0.25) is 9.35 Å². The summed E-state index contributed by atoms with van der Waals surface area (Å²) in [6, 6.07) is -1.15. The van der Waals surface area contributed by atoms with Crippen LogP contribution in [0.25, 0.3) is 0 Å². The van der Waals surface area contributed by atoms with Gasteiger partial charge in [0.05, 0.1) is 25.4 Å². The Bertz CT molecular complexity index is 1210. The third-order valence-electron chi connectivity index (χ3n) is 9.67. The maximum absolute atomic E-state index is 13.0. The van der Waals surface area contributed by atoms with Crippen molar-refractivity contribution >= 4 is 16.3 Å². The number of unbranched alkanes of at least 4 members (excludes halogenated alkanes) is 15. The summed E-state index contributed by atoms with van der Waals surface area (Å²) in [6.45, 7) is 3.10. The highest BCUT2D eigenvalue weighted by Crippen LogP contribution is 2.26. The van der Waals surface area contributed by atoms with E-state index in [1.807, 2.05) is 0 Å². The van der Waals surface area contributed by atoms with Crippen molar-refractivity contribution in [2.24, 2.45) is 0 Å². The van der Waals surface area contributed by atoms with Gasteiger partial charge in [0.25, 0.3) is 0 Å². The second kappa shape index (κ2) is 32.9. The maximum Gasteiger partial charge on any atom is 0.397 e. The van der Waals surface area contributed by atoms with Gasteiger partial charge in [-0.25, -0.2) is 4.18 Å². The lowest BCUT2D eigenvalue weighted by molar-refractivity contribution is -0.298. The van der Waals surface area contributed by atoms with E-state index in [2.05, 4.69) is 59.8 Å². The number of nitrogens with one attached hydrogen (secondary N) is 1. The summed E-state index contributed by atoms with van der Waals surface area (Å²) in [6.07, 6.45) is 26.4. The van der Waals surface area contributed by atoms with Crippen LogP contribution in [0, 0.1) is 0 Å². The number of aliphatic hydroxyl groups is 5. The Hall–Kier alpha value is -1.98. The Morgan fingerprint density at radius 3 is 1.77 bits per heavy atom. The number of carbonyl (C=O) groups is 1. The predicted octanol–water partition coefficient (Wildman–Crippen LogP) is 6.29. The molecule has 0 spiro atoms. The van der Waals surface area contributed by atoms with E-state index >= 15 is 0 Å². The zero-order valence-corrected chi connectivity index (χ0v) is 34.9. The molecule has 56 heavy (non-hydrogen) atoms. The lowest BCUT2D eigenvalue weighted by Gasteiger charge is -2.41. The lowest BCUT2D eigenvalue weighted by Crippen LogP contribution is -2.61. The van der Waals surface area contributed by atoms with Gasteiger partial charge < -0.3 is 40.3 Å². The Morgan fingerprint density at radius 1 is 0.714 bits per heavy atom. The van der Waals surface area contributed by atoms with E-state index in [1.165, 1.54) is 63.9 Å². The van der Waals surface area contributed by atoms with Gasteiger partial charge in [-0.15, -0.1) is 0 Å². The highest BCUT2D eigenvalue weighted by atomic mass is 32.3. The first-order valence-corrected chi connectivity index (χ1v) is 22.5. The summed E-state index contributed by atoms with van der Waals surface area (Å²) in [5.41, 5.74) is 0. The number of rotatable bonds is 34. The first kappa shape index (κ1) is 52.0. The maximum atomic E-state index is 13.0. The molecule has 8 unspecified atom stereocenters. The molecular weight excluding hydrogens is 743 g/mol. The van der Waals surface area contributed by atoms with Crippen LogP contribution in [0.5, 0.6) is 0 Å². The second-order valence-electron chi connectivity index (χ2n) is 14.7. The van der Waals surface area contributed by atoms with Gasteiger partial charge in [0, 0.05) is 0 Å². The fourth-order valence-corrected chi connectivity index (χ4v) is 6.74. The number of allylic oxidation sites excluding steroid dienone is 7. The van der Waals surface area contributed by atoms with Gasteiger partial charge in [0.2, 0.25) is 5.91 Å². The summed E-state index contributed by atoms with van der Waals surface area (Å²) in [5, 5.41) is 54.9.